The lowest BCUT2D eigenvalue weighted by atomic mass is 9.88. The third-order valence-corrected chi connectivity index (χ3v) is 7.18. The number of hydrogen-bond donors (Lipinski definition) is 2. The van der Waals surface area contributed by atoms with Crippen LogP contribution in [0.4, 0.5) is 5.69 Å². The van der Waals surface area contributed by atoms with Gasteiger partial charge in [-0.2, -0.15) is 0 Å². The van der Waals surface area contributed by atoms with Crippen LogP contribution in [0.2, 0.25) is 0 Å². The average molecular weight is 578 g/mol. The van der Waals surface area contributed by atoms with Gasteiger partial charge < -0.3 is 19.9 Å². The predicted molar refractivity (Wildman–Crippen MR) is 162 cm³/mol. The first-order valence-electron chi connectivity index (χ1n) is 14.4. The van der Waals surface area contributed by atoms with Crippen molar-refractivity contribution in [3.8, 4) is 5.69 Å². The second-order valence-corrected chi connectivity index (χ2v) is 13.1. The molecule has 226 valence electrons. The number of carbonyl (C=O) groups is 2. The Balaban J connectivity index is 1.56. The van der Waals surface area contributed by atoms with Crippen molar-refractivity contribution in [1.82, 2.24) is 29.8 Å². The number of morpholine rings is 1. The van der Waals surface area contributed by atoms with Crippen LogP contribution in [-0.2, 0) is 16.7 Å². The van der Waals surface area contributed by atoms with Crippen LogP contribution in [0.15, 0.2) is 41.5 Å². The molecule has 2 aromatic heterocycles. The number of nitrogens with zero attached hydrogens (tertiary/aromatic N) is 5. The molecule has 1 aliphatic rings. The fourth-order valence-electron chi connectivity index (χ4n) is 4.49. The lowest BCUT2D eigenvalue weighted by Crippen LogP contribution is -2.39. The van der Waals surface area contributed by atoms with Crippen LogP contribution < -0.4 is 16.2 Å². The van der Waals surface area contributed by atoms with Gasteiger partial charge in [-0.3, -0.25) is 19.3 Å². The third-order valence-electron chi connectivity index (χ3n) is 7.18. The van der Waals surface area contributed by atoms with E-state index in [4.69, 9.17) is 4.74 Å². The molecule has 0 bridgehead atoms. The quantitative estimate of drug-likeness (QED) is 0.421. The monoisotopic (exact) mass is 577 g/mol. The summed E-state index contributed by atoms with van der Waals surface area (Å²) in [6.45, 7) is 19.0. The number of amides is 2. The van der Waals surface area contributed by atoms with E-state index in [2.05, 4.69) is 46.6 Å². The number of rotatable bonds is 8. The number of anilines is 1. The molecule has 42 heavy (non-hydrogen) atoms. The molecule has 1 fully saturated rings. The highest BCUT2D eigenvalue weighted by atomic mass is 16.5. The molecule has 3 aromatic rings. The average Bonchev–Trinajstić information content (AvgIpc) is 3.42. The maximum Gasteiger partial charge on any atom is 0.274 e. The number of ether oxygens (including phenoxy) is 1. The van der Waals surface area contributed by atoms with E-state index in [1.165, 1.54) is 4.68 Å². The minimum atomic E-state index is -0.414. The number of aryl methyl sites for hydroxylation is 1. The van der Waals surface area contributed by atoms with Crippen molar-refractivity contribution in [2.45, 2.75) is 60.4 Å². The largest absolute Gasteiger partial charge is 0.379 e. The molecule has 1 aromatic carbocycles. The van der Waals surface area contributed by atoms with Gasteiger partial charge in [0, 0.05) is 44.5 Å². The molecule has 2 amide bonds. The van der Waals surface area contributed by atoms with Crippen molar-refractivity contribution >= 4 is 17.5 Å². The zero-order valence-corrected chi connectivity index (χ0v) is 25.8. The third kappa shape index (κ3) is 7.92. The number of benzene rings is 1. The van der Waals surface area contributed by atoms with Gasteiger partial charge in [0.15, 0.2) is 5.69 Å². The van der Waals surface area contributed by atoms with Gasteiger partial charge >= 0.3 is 0 Å². The summed E-state index contributed by atoms with van der Waals surface area (Å²) >= 11 is 0. The van der Waals surface area contributed by atoms with Crippen molar-refractivity contribution in [1.29, 1.82) is 0 Å². The van der Waals surface area contributed by atoms with Gasteiger partial charge in [0.05, 0.1) is 25.1 Å². The molecule has 1 aliphatic heterocycles. The first-order valence-corrected chi connectivity index (χ1v) is 14.4. The van der Waals surface area contributed by atoms with E-state index in [1.807, 2.05) is 33.9 Å². The molecule has 11 nitrogen and oxygen atoms in total. The van der Waals surface area contributed by atoms with Crippen molar-refractivity contribution in [3.05, 3.63) is 69.4 Å². The molecule has 0 saturated carbocycles. The Morgan fingerprint density at radius 1 is 0.976 bits per heavy atom. The normalized spacial score (nSPS) is 14.5. The van der Waals surface area contributed by atoms with Gasteiger partial charge in [-0.05, 0) is 47.1 Å². The SMILES string of the molecule is Cc1ccc(C(=O)Nc2cc(C(C)(C)C)cn(CCN3CCOCC3)c2=O)cc1-n1cc(C(=O)NCC(C)(C)C)nn1. The van der Waals surface area contributed by atoms with Crippen molar-refractivity contribution in [2.24, 2.45) is 5.41 Å². The van der Waals surface area contributed by atoms with Gasteiger partial charge in [0.2, 0.25) is 0 Å². The Bertz CT molecular complexity index is 1490. The number of nitrogens with one attached hydrogen (secondary N) is 2. The summed E-state index contributed by atoms with van der Waals surface area (Å²) in [7, 11) is 0. The van der Waals surface area contributed by atoms with Crippen LogP contribution in [-0.4, -0.2) is 75.7 Å². The molecule has 0 radical (unpaired) electrons. The van der Waals surface area contributed by atoms with Gasteiger partial charge in [0.1, 0.15) is 5.69 Å². The second kappa shape index (κ2) is 12.6. The van der Waals surface area contributed by atoms with Crippen LogP contribution in [0.1, 0.15) is 73.5 Å². The first kappa shape index (κ1) is 31.1. The molecule has 4 rings (SSSR count). The van der Waals surface area contributed by atoms with E-state index in [-0.39, 0.29) is 33.7 Å². The summed E-state index contributed by atoms with van der Waals surface area (Å²) in [5.41, 5.74) is 2.63. The fraction of sp³-hybridized carbons (Fsp3) is 0.516. The number of pyridine rings is 1. The molecular weight excluding hydrogens is 534 g/mol. The molecule has 1 saturated heterocycles. The Kier molecular flexibility index (Phi) is 9.32. The molecule has 0 spiro atoms. The van der Waals surface area contributed by atoms with E-state index in [0.717, 1.165) is 30.8 Å². The van der Waals surface area contributed by atoms with Crippen LogP contribution in [0.3, 0.4) is 0 Å². The summed E-state index contributed by atoms with van der Waals surface area (Å²) in [6.07, 6.45) is 3.43. The number of hydrogen-bond acceptors (Lipinski definition) is 7. The van der Waals surface area contributed by atoms with Gasteiger partial charge in [-0.1, -0.05) is 52.8 Å². The Labute approximate surface area is 247 Å². The standard InChI is InChI=1S/C31H43N7O4/c1-21-8-9-22(16-26(21)38-19-25(34-35-38)28(40)32-20-30(2,3)4)27(39)33-24-17-23(31(5,6)7)18-37(29(24)41)11-10-36-12-14-42-15-13-36/h8-9,16-19H,10-15,20H2,1-7H3,(H,32,40)(H,33,39). The van der Waals surface area contributed by atoms with E-state index in [0.29, 0.717) is 37.6 Å². The van der Waals surface area contributed by atoms with Crippen LogP contribution in [0.5, 0.6) is 0 Å². The molecule has 0 atom stereocenters. The molecule has 3 heterocycles. The maximum atomic E-state index is 13.5. The van der Waals surface area contributed by atoms with E-state index in [9.17, 15) is 14.4 Å². The summed E-state index contributed by atoms with van der Waals surface area (Å²) < 4.78 is 8.61. The van der Waals surface area contributed by atoms with Gasteiger partial charge in [0.25, 0.3) is 17.4 Å². The molecule has 11 heteroatoms. The van der Waals surface area contributed by atoms with Crippen LogP contribution in [0, 0.1) is 12.3 Å². The molecular formula is C31H43N7O4. The summed E-state index contributed by atoms with van der Waals surface area (Å²) in [6, 6.07) is 6.95. The maximum absolute atomic E-state index is 13.5. The Morgan fingerprint density at radius 3 is 2.36 bits per heavy atom. The van der Waals surface area contributed by atoms with Crippen molar-refractivity contribution in [3.63, 3.8) is 0 Å². The summed E-state index contributed by atoms with van der Waals surface area (Å²) in [5.74, 6) is -0.728. The number of carbonyl (C=O) groups excluding carboxylic acids is 2. The van der Waals surface area contributed by atoms with Crippen LogP contribution in [0.25, 0.3) is 5.69 Å². The van der Waals surface area contributed by atoms with Gasteiger partial charge in [-0.15, -0.1) is 5.10 Å². The van der Waals surface area contributed by atoms with E-state index >= 15 is 0 Å². The molecule has 2 N–H and O–H groups in total. The smallest absolute Gasteiger partial charge is 0.274 e. The topological polar surface area (TPSA) is 123 Å². The Hall–Kier alpha value is -3.83. The molecule has 0 unspecified atom stereocenters. The fourth-order valence-corrected chi connectivity index (χ4v) is 4.49. The first-order chi connectivity index (χ1) is 19.7. The van der Waals surface area contributed by atoms with Crippen LogP contribution >= 0.6 is 0 Å². The number of aromatic nitrogens is 4. The predicted octanol–water partition coefficient (Wildman–Crippen LogP) is 3.40. The van der Waals surface area contributed by atoms with E-state index < -0.39 is 5.91 Å². The summed E-state index contributed by atoms with van der Waals surface area (Å²) in [4.78, 5) is 41.7. The minimum absolute atomic E-state index is 0.0672. The zero-order valence-electron chi connectivity index (χ0n) is 25.8. The highest BCUT2D eigenvalue weighted by Gasteiger charge is 2.21. The highest BCUT2D eigenvalue weighted by Crippen LogP contribution is 2.24. The lowest BCUT2D eigenvalue weighted by molar-refractivity contribution is 0.0362. The second-order valence-electron chi connectivity index (χ2n) is 13.1. The summed E-state index contributed by atoms with van der Waals surface area (Å²) in [5, 5.41) is 13.9. The van der Waals surface area contributed by atoms with Gasteiger partial charge in [-0.25, -0.2) is 4.68 Å². The van der Waals surface area contributed by atoms with Crippen molar-refractivity contribution in [2.75, 3.05) is 44.7 Å². The van der Waals surface area contributed by atoms with E-state index in [1.54, 1.807) is 35.0 Å². The van der Waals surface area contributed by atoms with Crippen molar-refractivity contribution < 1.29 is 14.3 Å². The highest BCUT2D eigenvalue weighted by molar-refractivity contribution is 6.04. The zero-order chi connectivity index (χ0) is 30.7. The minimum Gasteiger partial charge on any atom is -0.379 e. The molecule has 0 aliphatic carbocycles. The lowest BCUT2D eigenvalue weighted by Gasteiger charge is -2.27. The Morgan fingerprint density at radius 2 is 1.69 bits per heavy atom.